The number of nitrogens with one attached hydrogen (secondary N) is 2. The lowest BCUT2D eigenvalue weighted by molar-refractivity contribution is -0.0166. The van der Waals surface area contributed by atoms with Crippen LogP contribution in [0.3, 0.4) is 0 Å². The molecular formula is C11H24N2O. The molecule has 2 saturated heterocycles. The van der Waals surface area contributed by atoms with Crippen molar-refractivity contribution in [2.24, 2.45) is 0 Å². The summed E-state index contributed by atoms with van der Waals surface area (Å²) in [5.41, 5.74) is 0. The molecule has 0 radical (unpaired) electrons. The second-order valence-corrected chi connectivity index (χ2v) is 4.23. The smallest absolute Gasteiger partial charge is 0.0675 e. The molecule has 84 valence electrons. The molecule has 0 saturated carbocycles. The maximum atomic E-state index is 5.42. The molecule has 0 aromatic heterocycles. The van der Waals surface area contributed by atoms with Crippen LogP contribution in [-0.4, -0.2) is 38.4 Å². The van der Waals surface area contributed by atoms with E-state index in [0.717, 1.165) is 13.1 Å². The lowest BCUT2D eigenvalue weighted by Gasteiger charge is -2.25. The molecule has 2 aliphatic heterocycles. The zero-order valence-corrected chi connectivity index (χ0v) is 9.51. The number of morpholine rings is 1. The number of hydrogen-bond acceptors (Lipinski definition) is 3. The average molecular weight is 200 g/mol. The molecule has 0 aromatic rings. The summed E-state index contributed by atoms with van der Waals surface area (Å²) >= 11 is 0. The largest absolute Gasteiger partial charge is 0.373 e. The Morgan fingerprint density at radius 3 is 1.64 bits per heavy atom. The first-order valence-corrected chi connectivity index (χ1v) is 5.86. The van der Waals surface area contributed by atoms with E-state index in [0.29, 0.717) is 12.2 Å². The normalized spacial score (nSPS) is 33.0. The van der Waals surface area contributed by atoms with Gasteiger partial charge in [0.15, 0.2) is 0 Å². The van der Waals surface area contributed by atoms with Gasteiger partial charge in [-0.05, 0) is 39.8 Å². The lowest BCUT2D eigenvalue weighted by atomic mass is 10.2. The summed E-state index contributed by atoms with van der Waals surface area (Å²) < 4.78 is 5.42. The van der Waals surface area contributed by atoms with Gasteiger partial charge in [-0.3, -0.25) is 0 Å². The van der Waals surface area contributed by atoms with Gasteiger partial charge in [-0.1, -0.05) is 6.42 Å². The van der Waals surface area contributed by atoms with E-state index in [1.165, 1.54) is 32.4 Å². The summed E-state index contributed by atoms with van der Waals surface area (Å²) in [6, 6.07) is 0. The van der Waals surface area contributed by atoms with Crippen LogP contribution in [0.4, 0.5) is 0 Å². The quantitative estimate of drug-likeness (QED) is 0.615. The minimum Gasteiger partial charge on any atom is -0.373 e. The summed E-state index contributed by atoms with van der Waals surface area (Å²) in [4.78, 5) is 0. The van der Waals surface area contributed by atoms with Crippen LogP contribution < -0.4 is 10.6 Å². The van der Waals surface area contributed by atoms with E-state index in [9.17, 15) is 0 Å². The van der Waals surface area contributed by atoms with Gasteiger partial charge in [0.25, 0.3) is 0 Å². The van der Waals surface area contributed by atoms with Crippen LogP contribution >= 0.6 is 0 Å². The van der Waals surface area contributed by atoms with Gasteiger partial charge in [0.05, 0.1) is 12.2 Å². The van der Waals surface area contributed by atoms with Crippen LogP contribution in [-0.2, 0) is 4.74 Å². The van der Waals surface area contributed by atoms with Crippen molar-refractivity contribution in [3.8, 4) is 0 Å². The Morgan fingerprint density at radius 1 is 0.857 bits per heavy atom. The molecule has 3 nitrogen and oxygen atoms in total. The van der Waals surface area contributed by atoms with Crippen molar-refractivity contribution in [1.82, 2.24) is 10.6 Å². The second kappa shape index (κ2) is 7.21. The van der Waals surface area contributed by atoms with Gasteiger partial charge >= 0.3 is 0 Å². The van der Waals surface area contributed by atoms with E-state index >= 15 is 0 Å². The zero-order valence-electron chi connectivity index (χ0n) is 9.51. The molecule has 2 aliphatic rings. The first-order valence-electron chi connectivity index (χ1n) is 5.86. The van der Waals surface area contributed by atoms with Gasteiger partial charge in [-0.2, -0.15) is 0 Å². The third kappa shape index (κ3) is 5.58. The molecule has 0 spiro atoms. The van der Waals surface area contributed by atoms with Crippen LogP contribution in [0.1, 0.15) is 33.1 Å². The van der Waals surface area contributed by atoms with Gasteiger partial charge in [-0.25, -0.2) is 0 Å². The minimum atomic E-state index is 0.402. The lowest BCUT2D eigenvalue weighted by Crippen LogP contribution is -2.41. The molecule has 2 fully saturated rings. The summed E-state index contributed by atoms with van der Waals surface area (Å²) in [5.74, 6) is 0. The monoisotopic (exact) mass is 200 g/mol. The van der Waals surface area contributed by atoms with Gasteiger partial charge in [0, 0.05) is 13.1 Å². The average Bonchev–Trinajstić information content (AvgIpc) is 2.21. The summed E-state index contributed by atoms with van der Waals surface area (Å²) in [6.45, 7) is 8.68. The van der Waals surface area contributed by atoms with Crippen molar-refractivity contribution in [2.45, 2.75) is 45.3 Å². The molecule has 0 aromatic carbocycles. The topological polar surface area (TPSA) is 33.3 Å². The number of rotatable bonds is 0. The van der Waals surface area contributed by atoms with Gasteiger partial charge in [-0.15, -0.1) is 0 Å². The molecule has 2 unspecified atom stereocenters. The predicted octanol–water partition coefficient (Wildman–Crippen LogP) is 1.14. The Balaban J connectivity index is 0.000000146. The van der Waals surface area contributed by atoms with Crippen LogP contribution in [0, 0.1) is 0 Å². The summed E-state index contributed by atoms with van der Waals surface area (Å²) in [7, 11) is 0. The Morgan fingerprint density at radius 2 is 1.43 bits per heavy atom. The number of piperidine rings is 1. The van der Waals surface area contributed by atoms with Crippen LogP contribution in [0.2, 0.25) is 0 Å². The molecule has 2 rings (SSSR count). The van der Waals surface area contributed by atoms with Crippen LogP contribution in [0.25, 0.3) is 0 Å². The second-order valence-electron chi connectivity index (χ2n) is 4.23. The fourth-order valence-corrected chi connectivity index (χ4v) is 1.78. The Kier molecular flexibility index (Phi) is 6.15. The fourth-order valence-electron chi connectivity index (χ4n) is 1.78. The maximum absolute atomic E-state index is 5.42. The maximum Gasteiger partial charge on any atom is 0.0675 e. The highest BCUT2D eigenvalue weighted by molar-refractivity contribution is 4.66. The van der Waals surface area contributed by atoms with Gasteiger partial charge in [0.2, 0.25) is 0 Å². The first kappa shape index (κ1) is 12.0. The van der Waals surface area contributed by atoms with Gasteiger partial charge in [0.1, 0.15) is 0 Å². The van der Waals surface area contributed by atoms with Crippen molar-refractivity contribution in [2.75, 3.05) is 26.2 Å². The molecule has 0 bridgehead atoms. The predicted molar refractivity (Wildman–Crippen MR) is 59.6 cm³/mol. The molecule has 0 amide bonds. The van der Waals surface area contributed by atoms with Crippen molar-refractivity contribution >= 4 is 0 Å². The zero-order chi connectivity index (χ0) is 10.2. The SMILES string of the molecule is C1CCNCC1.CC1CNCC(C)O1. The van der Waals surface area contributed by atoms with Crippen LogP contribution in [0.15, 0.2) is 0 Å². The van der Waals surface area contributed by atoms with E-state index in [4.69, 9.17) is 4.74 Å². The fraction of sp³-hybridized carbons (Fsp3) is 1.00. The molecule has 2 N–H and O–H groups in total. The molecule has 2 heterocycles. The van der Waals surface area contributed by atoms with E-state index in [-0.39, 0.29) is 0 Å². The van der Waals surface area contributed by atoms with Crippen molar-refractivity contribution in [3.63, 3.8) is 0 Å². The molecule has 14 heavy (non-hydrogen) atoms. The van der Waals surface area contributed by atoms with Crippen molar-refractivity contribution in [1.29, 1.82) is 0 Å². The van der Waals surface area contributed by atoms with Crippen molar-refractivity contribution < 1.29 is 4.74 Å². The Bertz CT molecular complexity index is 118. The van der Waals surface area contributed by atoms with E-state index in [1.807, 2.05) is 0 Å². The van der Waals surface area contributed by atoms with Gasteiger partial charge < -0.3 is 15.4 Å². The van der Waals surface area contributed by atoms with E-state index < -0.39 is 0 Å². The Labute approximate surface area is 87.6 Å². The number of ether oxygens (including phenoxy) is 1. The number of hydrogen-bond donors (Lipinski definition) is 2. The van der Waals surface area contributed by atoms with Crippen LogP contribution in [0.5, 0.6) is 0 Å². The van der Waals surface area contributed by atoms with E-state index in [1.54, 1.807) is 0 Å². The van der Waals surface area contributed by atoms with Crippen molar-refractivity contribution in [3.05, 3.63) is 0 Å². The highest BCUT2D eigenvalue weighted by Crippen LogP contribution is 2.00. The third-order valence-electron chi connectivity index (χ3n) is 2.54. The molecular weight excluding hydrogens is 176 g/mol. The molecule has 2 atom stereocenters. The highest BCUT2D eigenvalue weighted by Gasteiger charge is 2.12. The summed E-state index contributed by atoms with van der Waals surface area (Å²) in [5, 5.41) is 6.54. The standard InChI is InChI=1S/C6H13NO.C5H11N/c1-5-3-7-4-6(2)8-5;1-2-4-6-5-3-1/h5-7H,3-4H2,1-2H3;6H,1-5H2. The summed E-state index contributed by atoms with van der Waals surface area (Å²) in [6.07, 6.45) is 5.02. The molecule has 3 heteroatoms. The highest BCUT2D eigenvalue weighted by atomic mass is 16.5. The Hall–Kier alpha value is -0.120. The molecule has 0 aliphatic carbocycles. The minimum absolute atomic E-state index is 0.402. The third-order valence-corrected chi connectivity index (χ3v) is 2.54. The first-order chi connectivity index (χ1) is 6.79. The van der Waals surface area contributed by atoms with E-state index in [2.05, 4.69) is 24.5 Å².